The number of aliphatic hydroxyl groups excluding tert-OH is 2. The van der Waals surface area contributed by atoms with Crippen LogP contribution >= 0.6 is 0 Å². The maximum absolute atomic E-state index is 12.5. The van der Waals surface area contributed by atoms with Crippen LogP contribution in [0.3, 0.4) is 0 Å². The predicted octanol–water partition coefficient (Wildman–Crippen LogP) is 2.19. The molecule has 0 unspecified atom stereocenters. The highest BCUT2D eigenvalue weighted by atomic mass is 16.3. The van der Waals surface area contributed by atoms with Crippen LogP contribution in [-0.2, 0) is 9.59 Å². The van der Waals surface area contributed by atoms with E-state index in [-0.39, 0.29) is 29.0 Å². The van der Waals surface area contributed by atoms with E-state index in [0.717, 1.165) is 12.0 Å². The van der Waals surface area contributed by atoms with Crippen molar-refractivity contribution in [3.8, 4) is 0 Å². The number of rotatable bonds is 2. The molecule has 0 aromatic carbocycles. The molecule has 3 fully saturated rings. The molecule has 0 bridgehead atoms. The molecule has 0 aromatic rings. The molecule has 0 aromatic heterocycles. The minimum Gasteiger partial charge on any atom is -0.393 e. The van der Waals surface area contributed by atoms with Gasteiger partial charge in [-0.05, 0) is 55.1 Å². The van der Waals surface area contributed by atoms with Gasteiger partial charge in [0.1, 0.15) is 12.2 Å². The molecule has 28 heavy (non-hydrogen) atoms. The second kappa shape index (κ2) is 5.87. The second-order valence-corrected chi connectivity index (χ2v) is 10.4. The third-order valence-corrected chi connectivity index (χ3v) is 9.07. The third kappa shape index (κ3) is 2.18. The van der Waals surface area contributed by atoms with Gasteiger partial charge in [0.05, 0.1) is 6.10 Å². The lowest BCUT2D eigenvalue weighted by Gasteiger charge is -2.66. The summed E-state index contributed by atoms with van der Waals surface area (Å²) in [6.45, 7) is 7.69. The van der Waals surface area contributed by atoms with E-state index in [9.17, 15) is 24.9 Å². The fraction of sp³-hybridized carbons (Fsp3) is 0.739. The Bertz CT molecular complexity index is 799. The lowest BCUT2D eigenvalue weighted by atomic mass is 9.39. The molecule has 154 valence electrons. The fourth-order valence-corrected chi connectivity index (χ4v) is 8.20. The molecule has 0 saturated heterocycles. The number of aliphatic hydroxyl groups is 3. The molecule has 3 saturated carbocycles. The van der Waals surface area contributed by atoms with Gasteiger partial charge in [0.15, 0.2) is 11.6 Å². The Balaban J connectivity index is 1.85. The molecule has 3 N–H and O–H groups in total. The van der Waals surface area contributed by atoms with Gasteiger partial charge in [-0.25, -0.2) is 0 Å². The van der Waals surface area contributed by atoms with Crippen molar-refractivity contribution in [1.29, 1.82) is 0 Å². The topological polar surface area (TPSA) is 94.8 Å². The number of fused-ring (bicyclic) bond motifs is 5. The van der Waals surface area contributed by atoms with Crippen LogP contribution in [0.1, 0.15) is 53.4 Å². The normalized spacial score (nSPS) is 52.5. The number of hydrogen-bond donors (Lipinski definition) is 3. The van der Waals surface area contributed by atoms with E-state index in [1.807, 2.05) is 13.0 Å². The van der Waals surface area contributed by atoms with Crippen molar-refractivity contribution in [2.75, 3.05) is 6.61 Å². The smallest absolute Gasteiger partial charge is 0.190 e. The number of Topliss-reactive ketones (excluding diaryl/α,β-unsaturated/α-hetero) is 1. The summed E-state index contributed by atoms with van der Waals surface area (Å²) in [6, 6.07) is 0. The Kier molecular flexibility index (Phi) is 4.19. The lowest BCUT2D eigenvalue weighted by molar-refractivity contribution is -0.204. The van der Waals surface area contributed by atoms with Crippen molar-refractivity contribution in [3.05, 3.63) is 23.8 Å². The molecule has 4 rings (SSSR count). The fourth-order valence-electron chi connectivity index (χ4n) is 8.20. The molecule has 5 heteroatoms. The molecule has 5 nitrogen and oxygen atoms in total. The second-order valence-electron chi connectivity index (χ2n) is 10.4. The number of carbonyl (C=O) groups is 2. The van der Waals surface area contributed by atoms with E-state index in [4.69, 9.17) is 0 Å². The van der Waals surface area contributed by atoms with Crippen LogP contribution in [0.4, 0.5) is 0 Å². The quantitative estimate of drug-likeness (QED) is 0.674. The zero-order valence-electron chi connectivity index (χ0n) is 17.2. The Labute approximate surface area is 166 Å². The molecule has 0 radical (unpaired) electrons. The molecule has 0 spiro atoms. The monoisotopic (exact) mass is 388 g/mol. The zero-order chi connectivity index (χ0) is 20.7. The van der Waals surface area contributed by atoms with Crippen LogP contribution in [0.25, 0.3) is 0 Å². The van der Waals surface area contributed by atoms with Crippen LogP contribution in [-0.4, -0.2) is 45.2 Å². The number of hydrogen-bond acceptors (Lipinski definition) is 5. The Hall–Kier alpha value is -1.30. The molecular weight excluding hydrogens is 356 g/mol. The molecule has 0 aliphatic heterocycles. The first-order chi connectivity index (χ1) is 12.9. The van der Waals surface area contributed by atoms with Gasteiger partial charge in [-0.2, -0.15) is 0 Å². The highest BCUT2D eigenvalue weighted by molar-refractivity contribution is 6.01. The third-order valence-electron chi connectivity index (χ3n) is 9.07. The Morgan fingerprint density at radius 1 is 1.25 bits per heavy atom. The molecule has 0 amide bonds. The molecule has 4 aliphatic carbocycles. The van der Waals surface area contributed by atoms with Gasteiger partial charge in [0, 0.05) is 16.7 Å². The number of carbonyl (C=O) groups excluding carboxylic acids is 2. The maximum atomic E-state index is 12.5. The van der Waals surface area contributed by atoms with Crippen molar-refractivity contribution in [3.63, 3.8) is 0 Å². The summed E-state index contributed by atoms with van der Waals surface area (Å²) in [7, 11) is 0. The highest BCUT2D eigenvalue weighted by Gasteiger charge is 2.72. The summed E-state index contributed by atoms with van der Waals surface area (Å²) in [6.07, 6.45) is 6.76. The molecule has 0 heterocycles. The van der Waals surface area contributed by atoms with E-state index in [1.165, 1.54) is 0 Å². The highest BCUT2D eigenvalue weighted by Crippen LogP contribution is 2.72. The van der Waals surface area contributed by atoms with Gasteiger partial charge in [-0.15, -0.1) is 0 Å². The summed E-state index contributed by atoms with van der Waals surface area (Å²) in [5.74, 6) is -0.387. The van der Waals surface area contributed by atoms with Crippen molar-refractivity contribution in [2.45, 2.75) is 65.1 Å². The summed E-state index contributed by atoms with van der Waals surface area (Å²) >= 11 is 0. The van der Waals surface area contributed by atoms with Gasteiger partial charge >= 0.3 is 0 Å². The molecule has 4 aliphatic rings. The van der Waals surface area contributed by atoms with Crippen molar-refractivity contribution >= 4 is 11.6 Å². The van der Waals surface area contributed by atoms with Gasteiger partial charge in [0.2, 0.25) is 0 Å². The van der Waals surface area contributed by atoms with E-state index in [1.54, 1.807) is 12.2 Å². The van der Waals surface area contributed by atoms with Crippen LogP contribution in [0.15, 0.2) is 23.8 Å². The largest absolute Gasteiger partial charge is 0.393 e. The summed E-state index contributed by atoms with van der Waals surface area (Å²) in [5, 5.41) is 32.2. The first-order valence-corrected chi connectivity index (χ1v) is 10.4. The Morgan fingerprint density at radius 3 is 2.57 bits per heavy atom. The molecular formula is C23H32O5. The predicted molar refractivity (Wildman–Crippen MR) is 104 cm³/mol. The lowest BCUT2D eigenvalue weighted by Crippen LogP contribution is -2.66. The summed E-state index contributed by atoms with van der Waals surface area (Å²) in [5.41, 5.74) is -1.99. The Morgan fingerprint density at radius 2 is 1.93 bits per heavy atom. The van der Waals surface area contributed by atoms with Gasteiger partial charge in [0.25, 0.3) is 0 Å². The van der Waals surface area contributed by atoms with Crippen molar-refractivity contribution in [1.82, 2.24) is 0 Å². The number of allylic oxidation sites excluding steroid dienone is 4. The van der Waals surface area contributed by atoms with Crippen molar-refractivity contribution < 1.29 is 24.9 Å². The average Bonchev–Trinajstić information content (AvgIpc) is 2.88. The van der Waals surface area contributed by atoms with Gasteiger partial charge < -0.3 is 15.3 Å². The standard InChI is InChI=1S/C23H32O5/c1-13-10-21(3)17-6-8-23(28,18(27)12-24)22(17,4)11-16(26)19(21)20(2)7-5-14(25)9-15(13)20/h5,7,9,13,16-17,19,24,26,28H,6,8,10-12H2,1-4H3/t13-,16-,17-,19+,20-,21-,22-,23-/m0/s1. The van der Waals surface area contributed by atoms with Crippen LogP contribution in [0.2, 0.25) is 0 Å². The van der Waals surface area contributed by atoms with Crippen LogP contribution in [0.5, 0.6) is 0 Å². The first-order valence-electron chi connectivity index (χ1n) is 10.4. The minimum absolute atomic E-state index is 0.00171. The van der Waals surface area contributed by atoms with E-state index < -0.39 is 34.9 Å². The van der Waals surface area contributed by atoms with Crippen LogP contribution in [0, 0.1) is 34.0 Å². The van der Waals surface area contributed by atoms with E-state index in [2.05, 4.69) is 20.8 Å². The van der Waals surface area contributed by atoms with Crippen molar-refractivity contribution in [2.24, 2.45) is 34.0 Å². The minimum atomic E-state index is -1.60. The van der Waals surface area contributed by atoms with Gasteiger partial charge in [-0.3, -0.25) is 9.59 Å². The first kappa shape index (κ1) is 20.0. The number of ketones is 2. The van der Waals surface area contributed by atoms with Crippen LogP contribution < -0.4 is 0 Å². The SMILES string of the molecule is C[C@H]1C[C@]2(C)[C@H]([C@@H](O)C[C@@]3(C)[C@H]2CC[C@]3(O)C(=O)CO)[C@@]2(C)C=CC(=O)C=C12. The average molecular weight is 389 g/mol. The summed E-state index contributed by atoms with van der Waals surface area (Å²) in [4.78, 5) is 24.6. The summed E-state index contributed by atoms with van der Waals surface area (Å²) < 4.78 is 0. The maximum Gasteiger partial charge on any atom is 0.190 e. The molecule has 8 atom stereocenters. The van der Waals surface area contributed by atoms with Gasteiger partial charge in [-0.1, -0.05) is 39.3 Å². The van der Waals surface area contributed by atoms with E-state index >= 15 is 0 Å². The van der Waals surface area contributed by atoms with E-state index in [0.29, 0.717) is 19.3 Å². The zero-order valence-corrected chi connectivity index (χ0v) is 17.2.